The first-order valence-electron chi connectivity index (χ1n) is 18.0. The van der Waals surface area contributed by atoms with Crippen LogP contribution in [0.15, 0.2) is 41.5 Å². The number of nitrogens with zero attached hydrogens (tertiary/aromatic N) is 2. The zero-order valence-electron chi connectivity index (χ0n) is 27.8. The topological polar surface area (TPSA) is 32.8 Å². The number of carbonyl (C=O) groups is 1. The van der Waals surface area contributed by atoms with Crippen molar-refractivity contribution in [2.45, 2.75) is 116 Å². The fourth-order valence-electron chi connectivity index (χ4n) is 11.6. The molecule has 6 aliphatic rings. The molecule has 4 nitrogen and oxygen atoms in total. The Morgan fingerprint density at radius 3 is 2.67 bits per heavy atom. The van der Waals surface area contributed by atoms with Crippen LogP contribution in [-0.4, -0.2) is 66.6 Å². The molecule has 1 spiro atoms. The second-order valence-corrected chi connectivity index (χ2v) is 16.5. The van der Waals surface area contributed by atoms with E-state index in [-0.39, 0.29) is 5.60 Å². The molecule has 0 aromatic heterocycles. The lowest BCUT2D eigenvalue weighted by Gasteiger charge is -2.52. The van der Waals surface area contributed by atoms with Crippen LogP contribution in [-0.2, 0) is 16.0 Å². The lowest BCUT2D eigenvalue weighted by atomic mass is 9.52. The molecule has 0 unspecified atom stereocenters. The maximum Gasteiger partial charge on any atom is 0.133 e. The zero-order chi connectivity index (χ0) is 29.9. The van der Waals surface area contributed by atoms with Crippen molar-refractivity contribution in [3.8, 4) is 0 Å². The summed E-state index contributed by atoms with van der Waals surface area (Å²) in [5.74, 6) is 4.81. The molecule has 1 aromatic rings. The van der Waals surface area contributed by atoms with E-state index in [2.05, 4.69) is 74.9 Å². The third kappa shape index (κ3) is 5.40. The summed E-state index contributed by atoms with van der Waals surface area (Å²) in [4.78, 5) is 17.7. The van der Waals surface area contributed by atoms with Gasteiger partial charge in [0.05, 0.1) is 11.7 Å². The Labute approximate surface area is 262 Å². The van der Waals surface area contributed by atoms with Gasteiger partial charge in [-0.3, -0.25) is 9.69 Å². The number of likely N-dealkylation sites (N-methyl/N-ethyl adjacent to an activating group) is 1. The molecule has 236 valence electrons. The van der Waals surface area contributed by atoms with Crippen molar-refractivity contribution in [3.05, 3.63) is 47.0 Å². The molecule has 10 atom stereocenters. The van der Waals surface area contributed by atoms with Crippen LogP contribution >= 0.6 is 0 Å². The maximum atomic E-state index is 12.4. The van der Waals surface area contributed by atoms with E-state index >= 15 is 0 Å². The van der Waals surface area contributed by atoms with Gasteiger partial charge in [-0.2, -0.15) is 0 Å². The Bertz CT molecular complexity index is 1210. The minimum atomic E-state index is 0.00609. The van der Waals surface area contributed by atoms with E-state index in [1.165, 1.54) is 50.6 Å². The normalized spacial score (nSPS) is 43.0. The number of rotatable bonds is 6. The highest BCUT2D eigenvalue weighted by atomic mass is 16.5. The number of Topliss-reactive ketones (excluding diaryl/α,β-unsaturated/α-hetero) is 1. The number of hydrogen-bond donors (Lipinski definition) is 0. The highest BCUT2D eigenvalue weighted by Crippen LogP contribution is 2.65. The van der Waals surface area contributed by atoms with Gasteiger partial charge in [0.25, 0.3) is 0 Å². The molecular formula is C39H58N2O2. The van der Waals surface area contributed by atoms with Crippen LogP contribution in [0.25, 0.3) is 0 Å². The van der Waals surface area contributed by atoms with Crippen molar-refractivity contribution in [3.63, 3.8) is 0 Å². The fraction of sp³-hybridized carbons (Fsp3) is 0.769. The minimum absolute atomic E-state index is 0.00609. The van der Waals surface area contributed by atoms with E-state index in [1.54, 1.807) is 5.57 Å². The molecule has 43 heavy (non-hydrogen) atoms. The Morgan fingerprint density at radius 2 is 1.86 bits per heavy atom. The summed E-state index contributed by atoms with van der Waals surface area (Å²) >= 11 is 0. The Hall–Kier alpha value is -1.49. The molecule has 0 N–H and O–H groups in total. The molecule has 2 aliphatic heterocycles. The van der Waals surface area contributed by atoms with Crippen LogP contribution < -0.4 is 0 Å². The van der Waals surface area contributed by atoms with Gasteiger partial charge in [0.2, 0.25) is 0 Å². The van der Waals surface area contributed by atoms with Crippen LogP contribution in [0.1, 0.15) is 97.5 Å². The van der Waals surface area contributed by atoms with Gasteiger partial charge in [-0.05, 0) is 112 Å². The predicted octanol–water partition coefficient (Wildman–Crippen LogP) is 7.57. The van der Waals surface area contributed by atoms with Crippen molar-refractivity contribution in [1.29, 1.82) is 0 Å². The number of fused-ring (bicyclic) bond motifs is 6. The molecule has 5 fully saturated rings. The average molecular weight is 587 g/mol. The largest absolute Gasteiger partial charge is 0.369 e. The first kappa shape index (κ1) is 30.2. The molecule has 3 saturated carbocycles. The number of ketones is 1. The van der Waals surface area contributed by atoms with Gasteiger partial charge in [-0.25, -0.2) is 0 Å². The van der Waals surface area contributed by atoms with E-state index in [0.717, 1.165) is 69.5 Å². The number of hydrogen-bond acceptors (Lipinski definition) is 4. The molecular weight excluding hydrogens is 528 g/mol. The second kappa shape index (κ2) is 11.7. The summed E-state index contributed by atoms with van der Waals surface area (Å²) in [6, 6.07) is 11.5. The van der Waals surface area contributed by atoms with Gasteiger partial charge in [0, 0.05) is 51.0 Å². The highest BCUT2D eigenvalue weighted by molar-refractivity contribution is 5.79. The van der Waals surface area contributed by atoms with Gasteiger partial charge < -0.3 is 9.64 Å². The molecule has 4 heteroatoms. The molecule has 4 aliphatic carbocycles. The van der Waals surface area contributed by atoms with Gasteiger partial charge in [0.15, 0.2) is 0 Å². The zero-order valence-corrected chi connectivity index (χ0v) is 27.8. The number of likely N-dealkylation sites (tertiary alicyclic amines) is 1. The minimum Gasteiger partial charge on any atom is -0.369 e. The molecule has 0 radical (unpaired) electrons. The monoisotopic (exact) mass is 586 g/mol. The molecule has 2 saturated heterocycles. The van der Waals surface area contributed by atoms with E-state index in [1.807, 2.05) is 5.57 Å². The number of carbonyl (C=O) groups excluding carboxylic acids is 1. The quantitative estimate of drug-likeness (QED) is 0.322. The van der Waals surface area contributed by atoms with E-state index < -0.39 is 0 Å². The Kier molecular flexibility index (Phi) is 8.21. The van der Waals surface area contributed by atoms with Gasteiger partial charge in [-0.1, -0.05) is 62.2 Å². The molecule has 1 aromatic carbocycles. The number of ether oxygens (including phenoxy) is 1. The summed E-state index contributed by atoms with van der Waals surface area (Å²) in [6.45, 7) is 14.7. The third-order valence-corrected chi connectivity index (χ3v) is 14.1. The van der Waals surface area contributed by atoms with Crippen LogP contribution in [0.5, 0.6) is 0 Å². The highest BCUT2D eigenvalue weighted by Gasteiger charge is 2.60. The summed E-state index contributed by atoms with van der Waals surface area (Å²) in [5.41, 5.74) is 5.32. The predicted molar refractivity (Wildman–Crippen MR) is 175 cm³/mol. The van der Waals surface area contributed by atoms with Crippen LogP contribution in [0, 0.1) is 40.9 Å². The van der Waals surface area contributed by atoms with Crippen LogP contribution in [0.3, 0.4) is 0 Å². The summed E-state index contributed by atoms with van der Waals surface area (Å²) < 4.78 is 7.36. The first-order valence-corrected chi connectivity index (χ1v) is 18.0. The van der Waals surface area contributed by atoms with Gasteiger partial charge in [0.1, 0.15) is 5.78 Å². The Balaban J connectivity index is 1.04. The number of allylic oxidation sites excluding steroid dienone is 1. The van der Waals surface area contributed by atoms with Crippen molar-refractivity contribution >= 4 is 5.78 Å². The number of benzene rings is 1. The Morgan fingerprint density at radius 1 is 1.05 bits per heavy atom. The van der Waals surface area contributed by atoms with E-state index in [9.17, 15) is 4.79 Å². The maximum absolute atomic E-state index is 12.4. The van der Waals surface area contributed by atoms with Crippen molar-refractivity contribution in [2.24, 2.45) is 40.9 Å². The SMILES string of the molecule is CC1=C2C[C@H]3[C@@H](CC[C@@H]4CC(=O)CC[C@@]43C)[C@@H]2CC[C@@]2(C1)O[C@@H]1C[C@H](C)CN(CCN(C)CCc3ccccc3)[C@H]1[C@H]2C. The first-order chi connectivity index (χ1) is 20.7. The van der Waals surface area contributed by atoms with Crippen molar-refractivity contribution < 1.29 is 9.53 Å². The number of piperidine rings is 1. The fourth-order valence-corrected chi connectivity index (χ4v) is 11.6. The van der Waals surface area contributed by atoms with Crippen LogP contribution in [0.4, 0.5) is 0 Å². The summed E-state index contributed by atoms with van der Waals surface area (Å²) in [6.07, 6.45) is 13.2. The average Bonchev–Trinajstić information content (AvgIpc) is 3.45. The van der Waals surface area contributed by atoms with Crippen LogP contribution in [0.2, 0.25) is 0 Å². The third-order valence-electron chi connectivity index (χ3n) is 14.1. The van der Waals surface area contributed by atoms with Crippen molar-refractivity contribution in [1.82, 2.24) is 9.80 Å². The van der Waals surface area contributed by atoms with Crippen molar-refractivity contribution in [2.75, 3.05) is 33.2 Å². The summed E-state index contributed by atoms with van der Waals surface area (Å²) in [5, 5.41) is 0. The molecule has 7 rings (SSSR count). The second-order valence-electron chi connectivity index (χ2n) is 16.5. The smallest absolute Gasteiger partial charge is 0.133 e. The van der Waals surface area contributed by atoms with Gasteiger partial charge in [-0.15, -0.1) is 0 Å². The van der Waals surface area contributed by atoms with Gasteiger partial charge >= 0.3 is 0 Å². The lowest BCUT2D eigenvalue weighted by molar-refractivity contribution is -0.129. The molecule has 0 bridgehead atoms. The summed E-state index contributed by atoms with van der Waals surface area (Å²) in [7, 11) is 2.30. The standard InChI is InChI=1S/C39H58N2O2/c1-26-21-36-37(41(25-26)20-19-40(5)18-15-29-9-7-6-8-10-29)28(3)39(43-36)17-14-32-33-12-11-30-22-31(42)13-16-38(30,4)35(33)23-34(32)27(2)24-39/h6-10,26,28,30,32-33,35-37H,11-25H2,1-5H3/t26-,28+,30+,32-,33-,35-,36+,37-,38-,39-/m0/s1. The lowest BCUT2D eigenvalue weighted by Crippen LogP contribution is -2.53. The van der Waals surface area contributed by atoms with E-state index in [4.69, 9.17) is 4.74 Å². The van der Waals surface area contributed by atoms with E-state index in [0.29, 0.717) is 41.1 Å². The molecule has 0 amide bonds. The molecule has 2 heterocycles.